The van der Waals surface area contributed by atoms with Crippen molar-refractivity contribution in [2.75, 3.05) is 20.7 Å². The van der Waals surface area contributed by atoms with Gasteiger partial charge < -0.3 is 4.74 Å². The van der Waals surface area contributed by atoms with Crippen LogP contribution in [0.15, 0.2) is 24.5 Å². The first-order valence-corrected chi connectivity index (χ1v) is 5.02. The van der Waals surface area contributed by atoms with Gasteiger partial charge in [-0.05, 0) is 18.7 Å². The lowest BCUT2D eigenvalue weighted by Crippen LogP contribution is -2.35. The molecule has 1 unspecified atom stereocenters. The monoisotopic (exact) mass is 244 g/mol. The van der Waals surface area contributed by atoms with Crippen LogP contribution in [0.2, 0.25) is 0 Å². The molecule has 0 saturated heterocycles. The second-order valence-corrected chi connectivity index (χ2v) is 3.54. The van der Waals surface area contributed by atoms with Crippen molar-refractivity contribution in [1.82, 2.24) is 9.88 Å². The fourth-order valence-corrected chi connectivity index (χ4v) is 1.54. The van der Waals surface area contributed by atoms with Crippen LogP contribution in [-0.2, 0) is 9.53 Å². The third-order valence-electron chi connectivity index (χ3n) is 2.29. The van der Waals surface area contributed by atoms with Crippen molar-refractivity contribution in [1.29, 1.82) is 0 Å². The van der Waals surface area contributed by atoms with Crippen molar-refractivity contribution in [2.45, 2.75) is 12.5 Å². The minimum Gasteiger partial charge on any atom is -0.468 e. The third-order valence-corrected chi connectivity index (χ3v) is 2.29. The molecule has 1 rings (SSSR count). The number of likely N-dealkylation sites (N-methyl/N-ethyl adjacent to an activating group) is 1. The highest BCUT2D eigenvalue weighted by atomic mass is 19.3. The molecule has 0 spiro atoms. The molecule has 0 fully saturated rings. The van der Waals surface area contributed by atoms with Gasteiger partial charge in [0.1, 0.15) is 6.04 Å². The molecule has 0 aromatic carbocycles. The van der Waals surface area contributed by atoms with E-state index < -0.39 is 25.0 Å². The van der Waals surface area contributed by atoms with E-state index in [1.165, 1.54) is 25.3 Å². The summed E-state index contributed by atoms with van der Waals surface area (Å²) in [6, 6.07) is 2.43. The van der Waals surface area contributed by atoms with E-state index in [0.717, 1.165) is 0 Å². The van der Waals surface area contributed by atoms with E-state index in [-0.39, 0.29) is 0 Å². The number of carbonyl (C=O) groups excluding carboxylic acids is 1. The summed E-state index contributed by atoms with van der Waals surface area (Å²) in [6.45, 7) is -0.505. The van der Waals surface area contributed by atoms with E-state index in [4.69, 9.17) is 0 Å². The molecule has 6 heteroatoms. The summed E-state index contributed by atoms with van der Waals surface area (Å²) >= 11 is 0. The average molecular weight is 244 g/mol. The zero-order valence-electron chi connectivity index (χ0n) is 9.64. The molecule has 94 valence electrons. The highest BCUT2D eigenvalue weighted by molar-refractivity contribution is 5.77. The van der Waals surface area contributed by atoms with Crippen molar-refractivity contribution < 1.29 is 18.3 Å². The Bertz CT molecular complexity index is 360. The number of carbonyl (C=O) groups is 1. The molecule has 0 bridgehead atoms. The lowest BCUT2D eigenvalue weighted by molar-refractivity contribution is -0.147. The van der Waals surface area contributed by atoms with E-state index in [9.17, 15) is 13.6 Å². The Morgan fingerprint density at radius 3 is 2.76 bits per heavy atom. The van der Waals surface area contributed by atoms with Crippen LogP contribution in [0.1, 0.15) is 11.6 Å². The molecular formula is C11H14F2N2O2. The van der Waals surface area contributed by atoms with Crippen LogP contribution in [0.25, 0.3) is 0 Å². The quantitative estimate of drug-likeness (QED) is 0.736. The van der Waals surface area contributed by atoms with E-state index in [1.807, 2.05) is 0 Å². The second-order valence-electron chi connectivity index (χ2n) is 3.54. The zero-order chi connectivity index (χ0) is 12.8. The Hall–Kier alpha value is -1.56. The number of esters is 1. The lowest BCUT2D eigenvalue weighted by Gasteiger charge is -2.25. The summed E-state index contributed by atoms with van der Waals surface area (Å²) in [5.41, 5.74) is 0.530. The maximum atomic E-state index is 12.3. The van der Waals surface area contributed by atoms with Gasteiger partial charge in [0.2, 0.25) is 0 Å². The standard InChI is InChI=1S/C11H14F2N2O2/c1-15(7-9(12)13)10(11(16)17-2)8-4-3-5-14-6-8/h3-6,9-10H,7H2,1-2H3. The topological polar surface area (TPSA) is 42.4 Å². The molecule has 4 nitrogen and oxygen atoms in total. The van der Waals surface area contributed by atoms with E-state index in [1.54, 1.807) is 18.3 Å². The normalized spacial score (nSPS) is 12.8. The Morgan fingerprint density at radius 1 is 1.59 bits per heavy atom. The van der Waals surface area contributed by atoms with Gasteiger partial charge in [-0.1, -0.05) is 6.07 Å². The van der Waals surface area contributed by atoms with Crippen molar-refractivity contribution >= 4 is 5.97 Å². The molecule has 0 radical (unpaired) electrons. The van der Waals surface area contributed by atoms with Gasteiger partial charge in [0.25, 0.3) is 6.43 Å². The lowest BCUT2D eigenvalue weighted by atomic mass is 10.1. The average Bonchev–Trinajstić information content (AvgIpc) is 2.29. The molecule has 0 amide bonds. The van der Waals surface area contributed by atoms with Gasteiger partial charge in [0.15, 0.2) is 0 Å². The number of alkyl halides is 2. The first-order valence-electron chi connectivity index (χ1n) is 5.02. The number of rotatable bonds is 5. The number of aromatic nitrogens is 1. The van der Waals surface area contributed by atoms with E-state index in [2.05, 4.69) is 9.72 Å². The van der Waals surface area contributed by atoms with E-state index in [0.29, 0.717) is 5.56 Å². The van der Waals surface area contributed by atoms with Gasteiger partial charge in [0, 0.05) is 12.4 Å². The van der Waals surface area contributed by atoms with Gasteiger partial charge in [-0.2, -0.15) is 0 Å². The van der Waals surface area contributed by atoms with Crippen molar-refractivity contribution in [3.05, 3.63) is 30.1 Å². The molecule has 1 aromatic heterocycles. The Labute approximate surface area is 98.2 Å². The van der Waals surface area contributed by atoms with Crippen LogP contribution in [0.4, 0.5) is 8.78 Å². The van der Waals surface area contributed by atoms with E-state index >= 15 is 0 Å². The number of methoxy groups -OCH3 is 1. The maximum absolute atomic E-state index is 12.3. The van der Waals surface area contributed by atoms with Crippen LogP contribution in [0, 0.1) is 0 Å². The molecule has 17 heavy (non-hydrogen) atoms. The largest absolute Gasteiger partial charge is 0.468 e. The Balaban J connectivity index is 2.92. The summed E-state index contributed by atoms with van der Waals surface area (Å²) in [4.78, 5) is 16.7. The Morgan fingerprint density at radius 2 is 2.29 bits per heavy atom. The SMILES string of the molecule is COC(=O)C(c1cccnc1)N(C)CC(F)F. The minimum atomic E-state index is -2.51. The summed E-state index contributed by atoms with van der Waals surface area (Å²) in [5, 5.41) is 0. The van der Waals surface area contributed by atoms with Crippen LogP contribution in [0.5, 0.6) is 0 Å². The number of halogens is 2. The van der Waals surface area contributed by atoms with Crippen LogP contribution in [-0.4, -0.2) is 43.0 Å². The third kappa shape index (κ3) is 3.74. The second kappa shape index (κ2) is 6.24. The fourth-order valence-electron chi connectivity index (χ4n) is 1.54. The molecule has 0 saturated carbocycles. The molecule has 0 N–H and O–H groups in total. The maximum Gasteiger partial charge on any atom is 0.327 e. The molecule has 0 aliphatic rings. The van der Waals surface area contributed by atoms with Gasteiger partial charge in [0.05, 0.1) is 13.7 Å². The first kappa shape index (κ1) is 13.5. The van der Waals surface area contributed by atoms with Crippen molar-refractivity contribution in [3.63, 3.8) is 0 Å². The minimum absolute atomic E-state index is 0.505. The molecule has 0 aliphatic carbocycles. The predicted molar refractivity (Wildman–Crippen MR) is 57.6 cm³/mol. The van der Waals surface area contributed by atoms with Crippen LogP contribution >= 0.6 is 0 Å². The highest BCUT2D eigenvalue weighted by Gasteiger charge is 2.27. The fraction of sp³-hybridized carbons (Fsp3) is 0.455. The number of hydrogen-bond acceptors (Lipinski definition) is 4. The number of pyridine rings is 1. The smallest absolute Gasteiger partial charge is 0.327 e. The summed E-state index contributed by atoms with van der Waals surface area (Å²) < 4.78 is 29.3. The summed E-state index contributed by atoms with van der Waals surface area (Å²) in [5.74, 6) is -0.582. The van der Waals surface area contributed by atoms with Crippen LogP contribution in [0.3, 0.4) is 0 Å². The van der Waals surface area contributed by atoms with Crippen molar-refractivity contribution in [3.8, 4) is 0 Å². The predicted octanol–water partition coefficient (Wildman–Crippen LogP) is 1.49. The Kier molecular flexibility index (Phi) is 4.96. The van der Waals surface area contributed by atoms with Gasteiger partial charge >= 0.3 is 5.97 Å². The molecule has 1 heterocycles. The van der Waals surface area contributed by atoms with Crippen LogP contribution < -0.4 is 0 Å². The number of hydrogen-bond donors (Lipinski definition) is 0. The molecular weight excluding hydrogens is 230 g/mol. The van der Waals surface area contributed by atoms with Gasteiger partial charge in [-0.3, -0.25) is 9.88 Å². The van der Waals surface area contributed by atoms with Gasteiger partial charge in [-0.15, -0.1) is 0 Å². The molecule has 0 aliphatic heterocycles. The zero-order valence-corrected chi connectivity index (χ0v) is 9.64. The molecule has 1 aromatic rings. The highest BCUT2D eigenvalue weighted by Crippen LogP contribution is 2.20. The van der Waals surface area contributed by atoms with Crippen molar-refractivity contribution in [2.24, 2.45) is 0 Å². The first-order chi connectivity index (χ1) is 8.06. The summed E-state index contributed by atoms with van der Waals surface area (Å²) in [6.07, 6.45) is 0.498. The summed E-state index contributed by atoms with van der Waals surface area (Å²) in [7, 11) is 2.67. The number of nitrogens with zero attached hydrogens (tertiary/aromatic N) is 2. The molecule has 1 atom stereocenters. The van der Waals surface area contributed by atoms with Gasteiger partial charge in [-0.25, -0.2) is 13.6 Å². The number of ether oxygens (including phenoxy) is 1.